The minimum atomic E-state index is -1.31. The van der Waals surface area contributed by atoms with Crippen LogP contribution >= 0.6 is 0 Å². The molecule has 0 aromatic carbocycles. The first-order chi connectivity index (χ1) is 8.58. The van der Waals surface area contributed by atoms with Gasteiger partial charge in [0.1, 0.15) is 6.33 Å². The topological polar surface area (TPSA) is 72.7 Å². The highest BCUT2D eigenvalue weighted by molar-refractivity contribution is 5.94. The number of hydrogen-bond acceptors (Lipinski definition) is 4. The van der Waals surface area contributed by atoms with Gasteiger partial charge in [0, 0.05) is 13.2 Å². The van der Waals surface area contributed by atoms with Crippen molar-refractivity contribution in [1.29, 1.82) is 0 Å². The van der Waals surface area contributed by atoms with Gasteiger partial charge in [0.05, 0.1) is 12.1 Å². The maximum absolute atomic E-state index is 13.2. The molecule has 0 atom stereocenters. The number of nitrogens with zero attached hydrogens (tertiary/aromatic N) is 4. The van der Waals surface area contributed by atoms with E-state index in [1.807, 2.05) is 0 Å². The van der Waals surface area contributed by atoms with Crippen molar-refractivity contribution in [2.24, 2.45) is 7.05 Å². The van der Waals surface area contributed by atoms with E-state index in [0.29, 0.717) is 5.82 Å². The Kier molecular flexibility index (Phi) is 3.26. The number of carbonyl (C=O) groups is 1. The Morgan fingerprint density at radius 2 is 2.22 bits per heavy atom. The van der Waals surface area contributed by atoms with Crippen molar-refractivity contribution < 1.29 is 13.6 Å². The minimum absolute atomic E-state index is 0.0308. The summed E-state index contributed by atoms with van der Waals surface area (Å²) >= 11 is 0. The maximum atomic E-state index is 13.2. The van der Waals surface area contributed by atoms with Crippen molar-refractivity contribution in [2.45, 2.75) is 6.54 Å². The van der Waals surface area contributed by atoms with Crippen LogP contribution in [0.3, 0.4) is 0 Å². The SMILES string of the molecule is Cn1cnc(CNC(=O)c2ccnc(F)c2F)n1. The number of aryl methyl sites for hydroxylation is 1. The third-order valence-corrected chi connectivity index (χ3v) is 2.15. The van der Waals surface area contributed by atoms with Crippen LogP contribution in [-0.2, 0) is 13.6 Å². The zero-order chi connectivity index (χ0) is 13.1. The summed E-state index contributed by atoms with van der Waals surface area (Å²) in [5, 5.41) is 6.31. The summed E-state index contributed by atoms with van der Waals surface area (Å²) in [6.07, 6.45) is 2.49. The van der Waals surface area contributed by atoms with E-state index in [1.54, 1.807) is 7.05 Å². The van der Waals surface area contributed by atoms with E-state index in [9.17, 15) is 13.6 Å². The van der Waals surface area contributed by atoms with Crippen molar-refractivity contribution in [3.63, 3.8) is 0 Å². The molecular weight excluding hydrogens is 244 g/mol. The summed E-state index contributed by atoms with van der Waals surface area (Å²) in [6.45, 7) is 0.0308. The molecule has 0 radical (unpaired) electrons. The quantitative estimate of drug-likeness (QED) is 0.804. The zero-order valence-electron chi connectivity index (χ0n) is 9.39. The lowest BCUT2D eigenvalue weighted by Gasteiger charge is -2.03. The van der Waals surface area contributed by atoms with E-state index in [2.05, 4.69) is 20.4 Å². The number of aromatic nitrogens is 4. The van der Waals surface area contributed by atoms with E-state index in [1.165, 1.54) is 11.0 Å². The van der Waals surface area contributed by atoms with Gasteiger partial charge in [-0.1, -0.05) is 0 Å². The molecule has 0 saturated carbocycles. The van der Waals surface area contributed by atoms with Crippen LogP contribution in [-0.4, -0.2) is 25.7 Å². The number of halogens is 2. The molecule has 2 aromatic heterocycles. The Labute approximate surface area is 101 Å². The molecule has 18 heavy (non-hydrogen) atoms. The second-order valence-corrected chi connectivity index (χ2v) is 3.48. The van der Waals surface area contributed by atoms with Gasteiger partial charge in [-0.15, -0.1) is 0 Å². The number of nitrogens with one attached hydrogen (secondary N) is 1. The molecule has 0 spiro atoms. The highest BCUT2D eigenvalue weighted by atomic mass is 19.2. The first-order valence-electron chi connectivity index (χ1n) is 5.00. The number of hydrogen-bond donors (Lipinski definition) is 1. The van der Waals surface area contributed by atoms with Crippen LogP contribution in [0.5, 0.6) is 0 Å². The van der Waals surface area contributed by atoms with Crippen LogP contribution in [0.25, 0.3) is 0 Å². The average molecular weight is 253 g/mol. The van der Waals surface area contributed by atoms with E-state index in [-0.39, 0.29) is 6.54 Å². The van der Waals surface area contributed by atoms with Gasteiger partial charge >= 0.3 is 0 Å². The fraction of sp³-hybridized carbons (Fsp3) is 0.200. The number of rotatable bonds is 3. The van der Waals surface area contributed by atoms with Gasteiger partial charge in [-0.05, 0) is 6.07 Å². The van der Waals surface area contributed by atoms with Crippen LogP contribution in [0.4, 0.5) is 8.78 Å². The Balaban J connectivity index is 2.06. The van der Waals surface area contributed by atoms with Gasteiger partial charge in [-0.25, -0.2) is 14.4 Å². The number of amides is 1. The lowest BCUT2D eigenvalue weighted by molar-refractivity contribution is 0.0944. The summed E-state index contributed by atoms with van der Waals surface area (Å²) in [7, 11) is 1.68. The molecule has 8 heteroatoms. The van der Waals surface area contributed by atoms with Crippen molar-refractivity contribution in [2.75, 3.05) is 0 Å². The van der Waals surface area contributed by atoms with Gasteiger partial charge < -0.3 is 5.32 Å². The fourth-order valence-corrected chi connectivity index (χ4v) is 1.31. The molecule has 94 valence electrons. The van der Waals surface area contributed by atoms with Gasteiger partial charge in [0.25, 0.3) is 5.91 Å². The lowest BCUT2D eigenvalue weighted by Crippen LogP contribution is -2.25. The lowest BCUT2D eigenvalue weighted by atomic mass is 10.2. The van der Waals surface area contributed by atoms with E-state index in [0.717, 1.165) is 12.3 Å². The second-order valence-electron chi connectivity index (χ2n) is 3.48. The zero-order valence-corrected chi connectivity index (χ0v) is 9.39. The van der Waals surface area contributed by atoms with Gasteiger partial charge in [-0.3, -0.25) is 9.48 Å². The maximum Gasteiger partial charge on any atom is 0.254 e. The summed E-state index contributed by atoms with van der Waals surface area (Å²) in [6, 6.07) is 1.10. The van der Waals surface area contributed by atoms with Crippen LogP contribution < -0.4 is 5.32 Å². The molecule has 0 fully saturated rings. The molecule has 0 bridgehead atoms. The van der Waals surface area contributed by atoms with Crippen LogP contribution in [0, 0.1) is 11.8 Å². The van der Waals surface area contributed by atoms with E-state index >= 15 is 0 Å². The fourth-order valence-electron chi connectivity index (χ4n) is 1.31. The summed E-state index contributed by atoms with van der Waals surface area (Å²) in [5.74, 6) is -2.95. The van der Waals surface area contributed by atoms with Crippen molar-refractivity contribution in [1.82, 2.24) is 25.1 Å². The minimum Gasteiger partial charge on any atom is -0.345 e. The molecule has 1 amide bonds. The first-order valence-corrected chi connectivity index (χ1v) is 5.00. The molecular formula is C10H9F2N5O. The smallest absolute Gasteiger partial charge is 0.254 e. The molecule has 0 aliphatic heterocycles. The summed E-state index contributed by atoms with van der Waals surface area (Å²) in [4.78, 5) is 18.6. The monoisotopic (exact) mass is 253 g/mol. The third-order valence-electron chi connectivity index (χ3n) is 2.15. The van der Waals surface area contributed by atoms with Crippen molar-refractivity contribution >= 4 is 5.91 Å². The van der Waals surface area contributed by atoms with Crippen LogP contribution in [0.2, 0.25) is 0 Å². The third kappa shape index (κ3) is 2.47. The largest absolute Gasteiger partial charge is 0.345 e. The molecule has 2 heterocycles. The van der Waals surface area contributed by atoms with E-state index < -0.39 is 23.2 Å². The number of carbonyl (C=O) groups excluding carboxylic acids is 1. The van der Waals surface area contributed by atoms with Crippen molar-refractivity contribution in [3.05, 3.63) is 41.7 Å². The highest BCUT2D eigenvalue weighted by Crippen LogP contribution is 2.08. The van der Waals surface area contributed by atoms with Gasteiger partial charge in [-0.2, -0.15) is 9.49 Å². The molecule has 2 aromatic rings. The van der Waals surface area contributed by atoms with Crippen LogP contribution in [0.15, 0.2) is 18.6 Å². The molecule has 0 saturated heterocycles. The van der Waals surface area contributed by atoms with E-state index in [4.69, 9.17) is 0 Å². The molecule has 6 nitrogen and oxygen atoms in total. The Hall–Kier alpha value is -2.38. The average Bonchev–Trinajstić information content (AvgIpc) is 2.76. The Morgan fingerprint density at radius 3 is 2.89 bits per heavy atom. The number of pyridine rings is 1. The summed E-state index contributed by atoms with van der Waals surface area (Å²) in [5.41, 5.74) is -0.404. The second kappa shape index (κ2) is 4.86. The Morgan fingerprint density at radius 1 is 1.44 bits per heavy atom. The predicted octanol–water partition coefficient (Wildman–Crippen LogP) is 0.418. The molecule has 0 unspecified atom stereocenters. The summed E-state index contributed by atoms with van der Waals surface area (Å²) < 4.78 is 27.5. The van der Waals surface area contributed by atoms with Crippen LogP contribution in [0.1, 0.15) is 16.2 Å². The van der Waals surface area contributed by atoms with Crippen molar-refractivity contribution in [3.8, 4) is 0 Å². The highest BCUT2D eigenvalue weighted by Gasteiger charge is 2.16. The normalized spacial score (nSPS) is 10.4. The van der Waals surface area contributed by atoms with Gasteiger partial charge in [0.15, 0.2) is 11.6 Å². The molecule has 0 aliphatic carbocycles. The first kappa shape index (κ1) is 12.1. The van der Waals surface area contributed by atoms with Gasteiger partial charge in [0.2, 0.25) is 5.95 Å². The molecule has 0 aliphatic rings. The predicted molar refractivity (Wildman–Crippen MR) is 56.3 cm³/mol. The standard InChI is InChI=1S/C10H9F2N5O/c1-17-5-15-7(16-17)4-14-10(18)6-2-3-13-9(12)8(6)11/h2-3,5H,4H2,1H3,(H,14,18). The molecule has 1 N–H and O–H groups in total. The molecule has 2 rings (SSSR count). The Bertz CT molecular complexity index is 583.